The van der Waals surface area contributed by atoms with E-state index in [0.29, 0.717) is 0 Å². The van der Waals surface area contributed by atoms with Crippen molar-refractivity contribution in [3.8, 4) is 11.5 Å². The summed E-state index contributed by atoms with van der Waals surface area (Å²) in [6.07, 6.45) is 0. The van der Waals surface area contributed by atoms with E-state index in [1.165, 1.54) is 5.56 Å². The van der Waals surface area contributed by atoms with Crippen molar-refractivity contribution in [3.63, 3.8) is 0 Å². The quantitative estimate of drug-likeness (QED) is 0.879. The molecular weight excluding hydrogens is 318 g/mol. The van der Waals surface area contributed by atoms with Gasteiger partial charge in [0.1, 0.15) is 11.5 Å². The van der Waals surface area contributed by atoms with E-state index in [-0.39, 0.29) is 0 Å². The Morgan fingerprint density at radius 1 is 1.05 bits per heavy atom. The van der Waals surface area contributed by atoms with Crippen LogP contribution in [0.1, 0.15) is 11.1 Å². The second-order valence-corrected chi connectivity index (χ2v) is 5.45. The minimum Gasteiger partial charge on any atom is -0.497 e. The summed E-state index contributed by atoms with van der Waals surface area (Å²) in [5.74, 6) is 1.74. The molecule has 0 spiro atoms. The molecule has 0 saturated heterocycles. The molecule has 3 nitrogen and oxygen atoms in total. The van der Waals surface area contributed by atoms with Crippen molar-refractivity contribution in [3.05, 3.63) is 52.0 Å². The van der Waals surface area contributed by atoms with Crippen LogP contribution in [0, 0.1) is 6.92 Å². The standard InChI is InChI=1S/C16H18BrNO2/c1-11-6-12(4-5-16(11)20-3)10-18-14-7-13(17)8-15(9-14)19-2/h4-9,18H,10H2,1-3H3. The van der Waals surface area contributed by atoms with Gasteiger partial charge in [-0.25, -0.2) is 0 Å². The van der Waals surface area contributed by atoms with Crippen LogP contribution in [0.5, 0.6) is 11.5 Å². The van der Waals surface area contributed by atoms with Gasteiger partial charge in [-0.05, 0) is 36.2 Å². The minimum atomic E-state index is 0.754. The summed E-state index contributed by atoms with van der Waals surface area (Å²) in [6, 6.07) is 12.1. The van der Waals surface area contributed by atoms with E-state index in [1.807, 2.05) is 31.2 Å². The second kappa shape index (κ2) is 6.66. The second-order valence-electron chi connectivity index (χ2n) is 4.54. The van der Waals surface area contributed by atoms with Gasteiger partial charge in [0.25, 0.3) is 0 Å². The Bertz CT molecular complexity index is 599. The summed E-state index contributed by atoms with van der Waals surface area (Å²) in [5, 5.41) is 3.39. The van der Waals surface area contributed by atoms with Gasteiger partial charge in [-0.3, -0.25) is 0 Å². The zero-order chi connectivity index (χ0) is 14.5. The van der Waals surface area contributed by atoms with Gasteiger partial charge < -0.3 is 14.8 Å². The lowest BCUT2D eigenvalue weighted by Crippen LogP contribution is -2.00. The summed E-state index contributed by atoms with van der Waals surface area (Å²) in [4.78, 5) is 0. The van der Waals surface area contributed by atoms with Crippen LogP contribution in [0.4, 0.5) is 5.69 Å². The van der Waals surface area contributed by atoms with Crippen LogP contribution >= 0.6 is 15.9 Å². The van der Waals surface area contributed by atoms with Gasteiger partial charge in [0, 0.05) is 22.8 Å². The Hall–Kier alpha value is -1.68. The fourth-order valence-corrected chi connectivity index (χ4v) is 2.51. The summed E-state index contributed by atoms with van der Waals surface area (Å²) in [5.41, 5.74) is 3.37. The lowest BCUT2D eigenvalue weighted by molar-refractivity contribution is 0.411. The molecule has 0 radical (unpaired) electrons. The molecule has 0 amide bonds. The van der Waals surface area contributed by atoms with E-state index in [0.717, 1.165) is 33.8 Å². The van der Waals surface area contributed by atoms with Crippen LogP contribution in [0.3, 0.4) is 0 Å². The van der Waals surface area contributed by atoms with Crippen LogP contribution in [-0.4, -0.2) is 14.2 Å². The van der Waals surface area contributed by atoms with E-state index in [2.05, 4.69) is 33.4 Å². The molecular formula is C16H18BrNO2. The number of methoxy groups -OCH3 is 2. The van der Waals surface area contributed by atoms with Gasteiger partial charge in [0.05, 0.1) is 14.2 Å². The van der Waals surface area contributed by atoms with Gasteiger partial charge in [-0.2, -0.15) is 0 Å². The molecule has 0 unspecified atom stereocenters. The number of nitrogens with one attached hydrogen (secondary N) is 1. The van der Waals surface area contributed by atoms with Crippen molar-refractivity contribution < 1.29 is 9.47 Å². The SMILES string of the molecule is COc1cc(Br)cc(NCc2ccc(OC)c(C)c2)c1. The first-order valence-corrected chi connectivity index (χ1v) is 7.13. The number of hydrogen-bond acceptors (Lipinski definition) is 3. The highest BCUT2D eigenvalue weighted by molar-refractivity contribution is 9.10. The lowest BCUT2D eigenvalue weighted by Gasteiger charge is -2.11. The van der Waals surface area contributed by atoms with E-state index in [9.17, 15) is 0 Å². The molecule has 0 aliphatic heterocycles. The van der Waals surface area contributed by atoms with Gasteiger partial charge in [-0.1, -0.05) is 28.1 Å². The topological polar surface area (TPSA) is 30.5 Å². The number of ether oxygens (including phenoxy) is 2. The maximum Gasteiger partial charge on any atom is 0.122 e. The third-order valence-electron chi connectivity index (χ3n) is 3.06. The van der Waals surface area contributed by atoms with Gasteiger partial charge >= 0.3 is 0 Å². The average Bonchev–Trinajstić information content (AvgIpc) is 2.44. The van der Waals surface area contributed by atoms with Crippen LogP contribution in [0.15, 0.2) is 40.9 Å². The van der Waals surface area contributed by atoms with E-state index >= 15 is 0 Å². The molecule has 0 heterocycles. The van der Waals surface area contributed by atoms with Crippen LogP contribution in [-0.2, 0) is 6.54 Å². The molecule has 0 aliphatic rings. The first kappa shape index (κ1) is 14.7. The predicted molar refractivity (Wildman–Crippen MR) is 85.8 cm³/mol. The Morgan fingerprint density at radius 2 is 1.85 bits per heavy atom. The molecule has 1 N–H and O–H groups in total. The van der Waals surface area contributed by atoms with Gasteiger partial charge in [-0.15, -0.1) is 0 Å². The highest BCUT2D eigenvalue weighted by Crippen LogP contribution is 2.25. The normalized spacial score (nSPS) is 10.2. The molecule has 0 aromatic heterocycles. The number of rotatable bonds is 5. The maximum atomic E-state index is 5.27. The number of anilines is 1. The highest BCUT2D eigenvalue weighted by atomic mass is 79.9. The zero-order valence-corrected chi connectivity index (χ0v) is 13.5. The van der Waals surface area contributed by atoms with Crippen LogP contribution in [0.25, 0.3) is 0 Å². The maximum absolute atomic E-state index is 5.27. The monoisotopic (exact) mass is 335 g/mol. The molecule has 20 heavy (non-hydrogen) atoms. The van der Waals surface area contributed by atoms with Crippen molar-refractivity contribution in [2.75, 3.05) is 19.5 Å². The van der Waals surface area contributed by atoms with Crippen molar-refractivity contribution in [1.29, 1.82) is 0 Å². The molecule has 2 aromatic rings. The lowest BCUT2D eigenvalue weighted by atomic mass is 10.1. The summed E-state index contributed by atoms with van der Waals surface area (Å²) in [6.45, 7) is 2.80. The van der Waals surface area contributed by atoms with E-state index in [1.54, 1.807) is 14.2 Å². The Balaban J connectivity index is 2.08. The average molecular weight is 336 g/mol. The minimum absolute atomic E-state index is 0.754. The van der Waals surface area contributed by atoms with Gasteiger partial charge in [0.2, 0.25) is 0 Å². The molecule has 0 atom stereocenters. The van der Waals surface area contributed by atoms with Crippen molar-refractivity contribution >= 4 is 21.6 Å². The largest absolute Gasteiger partial charge is 0.497 e. The molecule has 2 aromatic carbocycles. The Morgan fingerprint density at radius 3 is 2.50 bits per heavy atom. The van der Waals surface area contributed by atoms with Gasteiger partial charge in [0.15, 0.2) is 0 Å². The molecule has 0 aliphatic carbocycles. The first-order valence-electron chi connectivity index (χ1n) is 6.34. The molecule has 0 fully saturated rings. The molecule has 0 saturated carbocycles. The summed E-state index contributed by atoms with van der Waals surface area (Å²) in [7, 11) is 3.35. The molecule has 2 rings (SSSR count). The van der Waals surface area contributed by atoms with Crippen molar-refractivity contribution in [2.24, 2.45) is 0 Å². The summed E-state index contributed by atoms with van der Waals surface area (Å²) >= 11 is 3.47. The first-order chi connectivity index (χ1) is 9.62. The van der Waals surface area contributed by atoms with E-state index < -0.39 is 0 Å². The zero-order valence-electron chi connectivity index (χ0n) is 11.9. The Labute approximate surface area is 128 Å². The number of aryl methyl sites for hydroxylation is 1. The molecule has 0 bridgehead atoms. The number of hydrogen-bond donors (Lipinski definition) is 1. The van der Waals surface area contributed by atoms with Crippen molar-refractivity contribution in [1.82, 2.24) is 0 Å². The smallest absolute Gasteiger partial charge is 0.122 e. The Kier molecular flexibility index (Phi) is 4.90. The summed E-state index contributed by atoms with van der Waals surface area (Å²) < 4.78 is 11.5. The number of benzene rings is 2. The van der Waals surface area contributed by atoms with Crippen LogP contribution < -0.4 is 14.8 Å². The number of halogens is 1. The predicted octanol–water partition coefficient (Wildman–Crippen LogP) is 4.39. The molecule has 4 heteroatoms. The fourth-order valence-electron chi connectivity index (χ4n) is 2.04. The van der Waals surface area contributed by atoms with E-state index in [4.69, 9.17) is 9.47 Å². The third kappa shape index (κ3) is 3.67. The third-order valence-corrected chi connectivity index (χ3v) is 3.52. The fraction of sp³-hybridized carbons (Fsp3) is 0.250. The highest BCUT2D eigenvalue weighted by Gasteiger charge is 2.02. The molecule has 106 valence electrons. The van der Waals surface area contributed by atoms with Crippen LogP contribution in [0.2, 0.25) is 0 Å². The van der Waals surface area contributed by atoms with Crippen molar-refractivity contribution in [2.45, 2.75) is 13.5 Å².